The molecule has 0 aliphatic carbocycles. The quantitative estimate of drug-likeness (QED) is 0.642. The Labute approximate surface area is 115 Å². The van der Waals surface area contributed by atoms with Gasteiger partial charge in [-0.3, -0.25) is 9.59 Å². The van der Waals surface area contributed by atoms with Crippen LogP contribution in [0.1, 0.15) is 17.3 Å². The van der Waals surface area contributed by atoms with E-state index >= 15 is 0 Å². The predicted octanol–water partition coefficient (Wildman–Crippen LogP) is 1.93. The fourth-order valence-corrected chi connectivity index (χ4v) is 1.96. The predicted molar refractivity (Wildman–Crippen MR) is 74.2 cm³/mol. The van der Waals surface area contributed by atoms with Crippen LogP contribution in [-0.4, -0.2) is 31.2 Å². The lowest BCUT2D eigenvalue weighted by Gasteiger charge is -2.08. The number of benzene rings is 1. The van der Waals surface area contributed by atoms with E-state index in [2.05, 4.69) is 10.6 Å². The van der Waals surface area contributed by atoms with Crippen LogP contribution < -0.4 is 10.6 Å². The molecule has 4 nitrogen and oxygen atoms in total. The van der Waals surface area contributed by atoms with Gasteiger partial charge in [-0.05, 0) is 24.5 Å². The molecule has 6 heteroatoms. The number of amides is 2. The molecular weight excluding hydrogens is 272 g/mol. The van der Waals surface area contributed by atoms with E-state index in [0.29, 0.717) is 23.7 Å². The number of carbonyl (C=O) groups is 2. The van der Waals surface area contributed by atoms with Gasteiger partial charge < -0.3 is 10.6 Å². The molecule has 18 heavy (non-hydrogen) atoms. The summed E-state index contributed by atoms with van der Waals surface area (Å²) in [6, 6.07) is 5.32. The Morgan fingerprint density at radius 3 is 2.56 bits per heavy atom. The maximum absolute atomic E-state index is 11.9. The van der Waals surface area contributed by atoms with Gasteiger partial charge >= 0.3 is 0 Å². The van der Waals surface area contributed by atoms with E-state index in [-0.39, 0.29) is 11.8 Å². The molecule has 0 fully saturated rings. The Morgan fingerprint density at radius 1 is 1.28 bits per heavy atom. The first kappa shape index (κ1) is 14.9. The summed E-state index contributed by atoms with van der Waals surface area (Å²) in [6.07, 6.45) is 1.93. The minimum atomic E-state index is -0.235. The summed E-state index contributed by atoms with van der Waals surface area (Å²) in [5.74, 6) is -0.354. The number of carbonyl (C=O) groups excluding carboxylic acids is 2. The van der Waals surface area contributed by atoms with E-state index < -0.39 is 0 Å². The van der Waals surface area contributed by atoms with Gasteiger partial charge in [-0.2, -0.15) is 0 Å². The first-order chi connectivity index (χ1) is 8.54. The van der Waals surface area contributed by atoms with Crippen molar-refractivity contribution in [1.82, 2.24) is 10.6 Å². The van der Waals surface area contributed by atoms with E-state index in [9.17, 15) is 9.59 Å². The van der Waals surface area contributed by atoms with Crippen LogP contribution in [0.4, 0.5) is 0 Å². The topological polar surface area (TPSA) is 58.2 Å². The second kappa shape index (κ2) is 7.28. The largest absolute Gasteiger partial charge is 0.355 e. The molecule has 0 spiro atoms. The molecule has 2 amide bonds. The van der Waals surface area contributed by atoms with Crippen molar-refractivity contribution in [3.63, 3.8) is 0 Å². The third-order valence-corrected chi connectivity index (χ3v) is 3.26. The molecule has 0 saturated carbocycles. The van der Waals surface area contributed by atoms with Crippen LogP contribution in [0.15, 0.2) is 23.1 Å². The van der Waals surface area contributed by atoms with Gasteiger partial charge in [0.15, 0.2) is 0 Å². The number of rotatable bonds is 5. The Kier molecular flexibility index (Phi) is 6.01. The number of halogens is 1. The number of hydrogen-bond donors (Lipinski definition) is 2. The monoisotopic (exact) mass is 286 g/mol. The first-order valence-electron chi connectivity index (χ1n) is 5.40. The molecule has 0 aromatic heterocycles. The smallest absolute Gasteiger partial charge is 0.252 e. The lowest BCUT2D eigenvalue weighted by molar-refractivity contribution is -0.118. The standard InChI is InChI=1S/C12H15ClN2O2S/c1-8(16)14-5-6-15-12(17)10-7-9(18-2)3-4-11(10)13/h3-4,7H,5-6H2,1-2H3,(H,14,16)(H,15,17). The molecule has 0 bridgehead atoms. The number of thioether (sulfide) groups is 1. The summed E-state index contributed by atoms with van der Waals surface area (Å²) in [7, 11) is 0. The van der Waals surface area contributed by atoms with Crippen LogP contribution >= 0.6 is 23.4 Å². The van der Waals surface area contributed by atoms with Gasteiger partial charge in [0.1, 0.15) is 0 Å². The fraction of sp³-hybridized carbons (Fsp3) is 0.333. The fourth-order valence-electron chi connectivity index (χ4n) is 1.32. The summed E-state index contributed by atoms with van der Waals surface area (Å²) in [4.78, 5) is 23.5. The highest BCUT2D eigenvalue weighted by Crippen LogP contribution is 2.22. The summed E-state index contributed by atoms with van der Waals surface area (Å²) in [5, 5.41) is 5.72. The van der Waals surface area contributed by atoms with Crippen LogP contribution in [0, 0.1) is 0 Å². The van der Waals surface area contributed by atoms with E-state index in [0.717, 1.165) is 4.90 Å². The van der Waals surface area contributed by atoms with Crippen LogP contribution in [-0.2, 0) is 4.79 Å². The zero-order chi connectivity index (χ0) is 13.5. The third kappa shape index (κ3) is 4.58. The van der Waals surface area contributed by atoms with Crippen LogP contribution in [0.25, 0.3) is 0 Å². The minimum absolute atomic E-state index is 0.119. The van der Waals surface area contributed by atoms with E-state index in [1.54, 1.807) is 23.9 Å². The Hall–Kier alpha value is -1.20. The van der Waals surface area contributed by atoms with Gasteiger partial charge in [0.05, 0.1) is 10.6 Å². The highest BCUT2D eigenvalue weighted by atomic mass is 35.5. The average Bonchev–Trinajstić information content (AvgIpc) is 2.34. The van der Waals surface area contributed by atoms with Gasteiger partial charge in [0, 0.05) is 24.9 Å². The molecule has 1 rings (SSSR count). The normalized spacial score (nSPS) is 9.94. The van der Waals surface area contributed by atoms with Crippen molar-refractivity contribution < 1.29 is 9.59 Å². The van der Waals surface area contributed by atoms with Gasteiger partial charge in [-0.1, -0.05) is 11.6 Å². The lowest BCUT2D eigenvalue weighted by Crippen LogP contribution is -2.33. The summed E-state index contributed by atoms with van der Waals surface area (Å²) in [6.45, 7) is 2.21. The summed E-state index contributed by atoms with van der Waals surface area (Å²) in [5.41, 5.74) is 0.450. The third-order valence-electron chi connectivity index (χ3n) is 2.20. The van der Waals surface area contributed by atoms with Gasteiger partial charge in [0.25, 0.3) is 5.91 Å². The van der Waals surface area contributed by atoms with Crippen molar-refractivity contribution in [2.45, 2.75) is 11.8 Å². The van der Waals surface area contributed by atoms with Crippen LogP contribution in [0.2, 0.25) is 5.02 Å². The molecule has 1 aromatic rings. The van der Waals surface area contributed by atoms with Crippen molar-refractivity contribution in [2.24, 2.45) is 0 Å². The van der Waals surface area contributed by atoms with Crippen molar-refractivity contribution in [3.8, 4) is 0 Å². The molecule has 0 radical (unpaired) electrons. The lowest BCUT2D eigenvalue weighted by atomic mass is 10.2. The van der Waals surface area contributed by atoms with Crippen molar-refractivity contribution in [2.75, 3.05) is 19.3 Å². The molecule has 1 aromatic carbocycles. The van der Waals surface area contributed by atoms with Gasteiger partial charge in [-0.15, -0.1) is 11.8 Å². The highest BCUT2D eigenvalue weighted by Gasteiger charge is 2.10. The van der Waals surface area contributed by atoms with Crippen molar-refractivity contribution >= 4 is 35.2 Å². The summed E-state index contributed by atoms with van der Waals surface area (Å²) < 4.78 is 0. The second-order valence-corrected chi connectivity index (χ2v) is 4.87. The molecule has 2 N–H and O–H groups in total. The SMILES string of the molecule is CSc1ccc(Cl)c(C(=O)NCCNC(C)=O)c1. The molecule has 0 aliphatic rings. The molecular formula is C12H15ClN2O2S. The zero-order valence-electron chi connectivity index (χ0n) is 10.2. The van der Waals surface area contributed by atoms with Crippen LogP contribution in [0.5, 0.6) is 0 Å². The van der Waals surface area contributed by atoms with Crippen molar-refractivity contribution in [3.05, 3.63) is 28.8 Å². The van der Waals surface area contributed by atoms with E-state index in [1.165, 1.54) is 6.92 Å². The molecule has 98 valence electrons. The second-order valence-electron chi connectivity index (χ2n) is 3.58. The highest BCUT2D eigenvalue weighted by molar-refractivity contribution is 7.98. The number of nitrogens with one attached hydrogen (secondary N) is 2. The van der Waals surface area contributed by atoms with E-state index in [1.807, 2.05) is 12.3 Å². The molecule has 0 saturated heterocycles. The van der Waals surface area contributed by atoms with Gasteiger partial charge in [-0.25, -0.2) is 0 Å². The van der Waals surface area contributed by atoms with Gasteiger partial charge in [0.2, 0.25) is 5.91 Å². The zero-order valence-corrected chi connectivity index (χ0v) is 11.8. The first-order valence-corrected chi connectivity index (χ1v) is 7.01. The van der Waals surface area contributed by atoms with Crippen LogP contribution in [0.3, 0.4) is 0 Å². The Bertz CT molecular complexity index is 452. The maximum Gasteiger partial charge on any atom is 0.252 e. The van der Waals surface area contributed by atoms with E-state index in [4.69, 9.17) is 11.6 Å². The molecule has 0 aliphatic heterocycles. The number of hydrogen-bond acceptors (Lipinski definition) is 3. The molecule has 0 heterocycles. The minimum Gasteiger partial charge on any atom is -0.355 e. The maximum atomic E-state index is 11.9. The van der Waals surface area contributed by atoms with Crippen molar-refractivity contribution in [1.29, 1.82) is 0 Å². The molecule has 0 atom stereocenters. The molecule has 0 unspecified atom stereocenters. The Balaban J connectivity index is 2.58. The summed E-state index contributed by atoms with van der Waals surface area (Å²) >= 11 is 7.52. The average molecular weight is 287 g/mol. The Morgan fingerprint density at radius 2 is 1.94 bits per heavy atom.